The molecule has 1 atom stereocenters. The van der Waals surface area contributed by atoms with Crippen molar-refractivity contribution in [3.8, 4) is 0 Å². The Morgan fingerprint density at radius 2 is 1.94 bits per heavy atom. The normalized spacial score (nSPS) is 12.8. The van der Waals surface area contributed by atoms with E-state index in [-0.39, 0.29) is 29.8 Å². The van der Waals surface area contributed by atoms with Gasteiger partial charge in [-0.3, -0.25) is 4.79 Å². The number of nitrogens with one attached hydrogen (secondary N) is 1. The highest BCUT2D eigenvalue weighted by Gasteiger charge is 2.20. The van der Waals surface area contributed by atoms with Gasteiger partial charge in [0.15, 0.2) is 5.78 Å². The van der Waals surface area contributed by atoms with Crippen molar-refractivity contribution in [3.63, 3.8) is 0 Å². The summed E-state index contributed by atoms with van der Waals surface area (Å²) >= 11 is 5.85. The number of Topliss-reactive ketones (excluding diaryl/α,β-unsaturated/α-hetero) is 1. The molecule has 4 heteroatoms. The number of hydrogen-bond acceptors (Lipinski definition) is 2. The van der Waals surface area contributed by atoms with E-state index >= 15 is 0 Å². The highest BCUT2D eigenvalue weighted by atomic mass is 35.5. The molecule has 0 saturated heterocycles. The predicted molar refractivity (Wildman–Crippen MR) is 75.4 cm³/mol. The van der Waals surface area contributed by atoms with Crippen LogP contribution in [0.3, 0.4) is 0 Å². The van der Waals surface area contributed by atoms with Gasteiger partial charge >= 0.3 is 0 Å². The minimum absolute atomic E-state index is 0. The molecule has 17 heavy (non-hydrogen) atoms. The largest absolute Gasteiger partial charge is 0.303 e. The zero-order valence-electron chi connectivity index (χ0n) is 10.6. The summed E-state index contributed by atoms with van der Waals surface area (Å²) < 4.78 is 0. The number of rotatable bonds is 3. The highest BCUT2D eigenvalue weighted by Crippen LogP contribution is 2.13. The Balaban J connectivity index is 0.00000256. The molecule has 0 radical (unpaired) electrons. The number of carbonyl (C=O) groups excluding carboxylic acids is 1. The molecule has 1 aromatic rings. The summed E-state index contributed by atoms with van der Waals surface area (Å²) in [7, 11) is 0. The fourth-order valence-corrected chi connectivity index (χ4v) is 1.80. The molecule has 0 saturated carbocycles. The maximum atomic E-state index is 12.1. The maximum Gasteiger partial charge on any atom is 0.179 e. The van der Waals surface area contributed by atoms with E-state index in [1.807, 2.05) is 27.7 Å². The van der Waals surface area contributed by atoms with Crippen molar-refractivity contribution >= 4 is 29.8 Å². The Morgan fingerprint density at radius 3 is 2.41 bits per heavy atom. The van der Waals surface area contributed by atoms with Gasteiger partial charge in [0, 0.05) is 16.1 Å². The van der Waals surface area contributed by atoms with Crippen molar-refractivity contribution in [2.24, 2.45) is 0 Å². The Hall–Kier alpha value is -0.570. The lowest BCUT2D eigenvalue weighted by atomic mass is 10.1. The molecule has 0 amide bonds. The van der Waals surface area contributed by atoms with Crippen LogP contribution in [0.4, 0.5) is 0 Å². The molecule has 0 heterocycles. The van der Waals surface area contributed by atoms with Gasteiger partial charge < -0.3 is 5.32 Å². The van der Waals surface area contributed by atoms with Gasteiger partial charge in [-0.2, -0.15) is 0 Å². The van der Waals surface area contributed by atoms with Crippen LogP contribution in [-0.4, -0.2) is 17.4 Å². The molecular formula is C13H19Cl2NO. The number of carbonyl (C=O) groups is 1. The van der Waals surface area contributed by atoms with Gasteiger partial charge in [-0.25, -0.2) is 0 Å². The number of halogens is 2. The molecule has 1 unspecified atom stereocenters. The first kappa shape index (κ1) is 16.4. The van der Waals surface area contributed by atoms with Crippen molar-refractivity contribution in [1.82, 2.24) is 5.32 Å². The van der Waals surface area contributed by atoms with E-state index in [0.29, 0.717) is 10.6 Å². The molecule has 0 spiro atoms. The SMILES string of the molecule is CC(NC(C)(C)C)C(=O)[13c]1[13cH][13cH][13cH][13c](Cl)[13cH]1.Cl. The highest BCUT2D eigenvalue weighted by molar-refractivity contribution is 6.31. The van der Waals surface area contributed by atoms with E-state index in [2.05, 4.69) is 5.32 Å². The number of ketones is 1. The molecule has 1 rings (SSSR count). The van der Waals surface area contributed by atoms with Gasteiger partial charge in [-0.1, -0.05) is 23.7 Å². The lowest BCUT2D eigenvalue weighted by Crippen LogP contribution is -2.46. The van der Waals surface area contributed by atoms with Crippen LogP contribution in [0.5, 0.6) is 0 Å². The van der Waals surface area contributed by atoms with Gasteiger partial charge in [0.1, 0.15) is 0 Å². The molecule has 2 nitrogen and oxygen atoms in total. The molecular weight excluding hydrogens is 263 g/mol. The smallest absolute Gasteiger partial charge is 0.179 e. The molecule has 0 bridgehead atoms. The molecule has 0 aliphatic rings. The van der Waals surface area contributed by atoms with E-state index in [4.69, 9.17) is 11.6 Å². The second-order valence-corrected chi connectivity index (χ2v) is 5.43. The summed E-state index contributed by atoms with van der Waals surface area (Å²) in [5.74, 6) is 0.0671. The summed E-state index contributed by atoms with van der Waals surface area (Å²) in [5.41, 5.74) is 0.574. The molecule has 1 N–H and O–H groups in total. The molecule has 1 aromatic carbocycles. The van der Waals surface area contributed by atoms with Crippen LogP contribution in [0.2, 0.25) is 5.02 Å². The second kappa shape index (κ2) is 6.39. The first-order valence-corrected chi connectivity index (χ1v) is 5.75. The van der Waals surface area contributed by atoms with Crippen LogP contribution >= 0.6 is 24.0 Å². The Kier molecular flexibility index (Phi) is 6.17. The maximum absolute atomic E-state index is 12.1. The van der Waals surface area contributed by atoms with Gasteiger partial charge in [-0.15, -0.1) is 12.4 Å². The minimum Gasteiger partial charge on any atom is -0.303 e. The summed E-state index contributed by atoms with van der Waals surface area (Å²) in [6.07, 6.45) is 0. The quantitative estimate of drug-likeness (QED) is 0.856. The first-order valence-electron chi connectivity index (χ1n) is 5.37. The van der Waals surface area contributed by atoms with Gasteiger partial charge in [-0.05, 0) is 39.8 Å². The number of benzene rings is 1. The zero-order valence-corrected chi connectivity index (χ0v) is 12.2. The molecule has 0 aromatic heterocycles. The average Bonchev–Trinajstić information content (AvgIpc) is 2.14. The Morgan fingerprint density at radius 1 is 1.35 bits per heavy atom. The van der Waals surface area contributed by atoms with E-state index in [1.165, 1.54) is 0 Å². The topological polar surface area (TPSA) is 29.1 Å². The minimum atomic E-state index is -0.210. The van der Waals surface area contributed by atoms with Gasteiger partial charge in [0.05, 0.1) is 6.04 Å². The average molecular weight is 282 g/mol. The van der Waals surface area contributed by atoms with Gasteiger partial charge in [0.25, 0.3) is 0 Å². The lowest BCUT2D eigenvalue weighted by Gasteiger charge is -2.25. The molecule has 0 aliphatic carbocycles. The predicted octanol–water partition coefficient (Wildman–Crippen LogP) is 3.72. The van der Waals surface area contributed by atoms with Crippen LogP contribution in [0.25, 0.3) is 0 Å². The van der Waals surface area contributed by atoms with Crippen molar-refractivity contribution in [1.29, 1.82) is 0 Å². The van der Waals surface area contributed by atoms with Crippen LogP contribution < -0.4 is 5.32 Å². The summed E-state index contributed by atoms with van der Waals surface area (Å²) in [5, 5.41) is 3.84. The second-order valence-electron chi connectivity index (χ2n) is 4.99. The van der Waals surface area contributed by atoms with E-state index in [1.54, 1.807) is 24.3 Å². The van der Waals surface area contributed by atoms with Crippen LogP contribution in [0.1, 0.15) is 38.1 Å². The third-order valence-corrected chi connectivity index (χ3v) is 2.39. The molecule has 0 aliphatic heterocycles. The summed E-state index contributed by atoms with van der Waals surface area (Å²) in [6, 6.07) is 6.83. The Labute approximate surface area is 114 Å². The third kappa shape index (κ3) is 5.53. The van der Waals surface area contributed by atoms with E-state index in [9.17, 15) is 4.79 Å². The Bertz CT molecular complexity index is 385. The van der Waals surface area contributed by atoms with E-state index in [0.717, 1.165) is 0 Å². The van der Waals surface area contributed by atoms with Crippen molar-refractivity contribution in [2.75, 3.05) is 0 Å². The number of hydrogen-bond donors (Lipinski definition) is 1. The fourth-order valence-electron chi connectivity index (χ4n) is 1.61. The third-order valence-electron chi connectivity index (χ3n) is 2.15. The van der Waals surface area contributed by atoms with Crippen LogP contribution in [-0.2, 0) is 0 Å². The molecule has 0 fully saturated rings. The molecule has 96 valence electrons. The van der Waals surface area contributed by atoms with Crippen molar-refractivity contribution < 1.29 is 4.79 Å². The first-order chi connectivity index (χ1) is 7.29. The van der Waals surface area contributed by atoms with Gasteiger partial charge in [0.2, 0.25) is 0 Å². The van der Waals surface area contributed by atoms with Crippen LogP contribution in [0, 0.1) is 0 Å². The lowest BCUT2D eigenvalue weighted by molar-refractivity contribution is 0.0936. The van der Waals surface area contributed by atoms with E-state index < -0.39 is 0 Å². The van der Waals surface area contributed by atoms with Crippen molar-refractivity contribution in [2.45, 2.75) is 39.3 Å². The monoisotopic (exact) mass is 281 g/mol. The fraction of sp³-hybridized carbons (Fsp3) is 0.462. The van der Waals surface area contributed by atoms with Crippen LogP contribution in [0.15, 0.2) is 24.3 Å². The standard InChI is InChI=1S/C13H18ClNO.ClH/c1-9(15-13(2,3)4)12(16)10-6-5-7-11(14)8-10;/h5-9,15H,1-4H3;1H/i5+1,6+1,7+1,8+1,10+1,11+1;. The van der Waals surface area contributed by atoms with Crippen molar-refractivity contribution in [3.05, 3.63) is 34.9 Å². The summed E-state index contributed by atoms with van der Waals surface area (Å²) in [6.45, 7) is 7.98. The zero-order chi connectivity index (χ0) is 12.3. The summed E-state index contributed by atoms with van der Waals surface area (Å²) in [4.78, 5) is 12.1.